The van der Waals surface area contributed by atoms with Crippen LogP contribution in [0, 0.1) is 17.6 Å². The lowest BCUT2D eigenvalue weighted by atomic mass is 9.97. The second-order valence-corrected chi connectivity index (χ2v) is 12.0. The number of methoxy groups -OCH3 is 1. The third kappa shape index (κ3) is 6.91. The number of esters is 2. The molecule has 1 N–H and O–H groups in total. The summed E-state index contributed by atoms with van der Waals surface area (Å²) in [5, 5.41) is 0. The largest absolute Gasteiger partial charge is 0.495 e. The van der Waals surface area contributed by atoms with Crippen molar-refractivity contribution in [3.05, 3.63) is 51.2 Å². The van der Waals surface area contributed by atoms with Crippen LogP contribution in [0.25, 0.3) is 0 Å². The van der Waals surface area contributed by atoms with Gasteiger partial charge < -0.3 is 14.2 Å². The maximum atomic E-state index is 12.6. The molecule has 0 amide bonds. The van der Waals surface area contributed by atoms with Gasteiger partial charge in [0.15, 0.2) is 0 Å². The van der Waals surface area contributed by atoms with Crippen molar-refractivity contribution in [2.75, 3.05) is 20.3 Å². The van der Waals surface area contributed by atoms with E-state index in [9.17, 15) is 22.6 Å². The number of benzene rings is 2. The molecule has 0 bridgehead atoms. The van der Waals surface area contributed by atoms with Crippen molar-refractivity contribution in [1.29, 1.82) is 0 Å². The molecule has 8 nitrogen and oxygen atoms in total. The first-order valence-corrected chi connectivity index (χ1v) is 14.1. The van der Waals surface area contributed by atoms with E-state index < -0.39 is 22.1 Å². The lowest BCUT2D eigenvalue weighted by Gasteiger charge is -2.15. The molecule has 0 aliphatic carbocycles. The van der Waals surface area contributed by atoms with Crippen LogP contribution in [0.1, 0.15) is 51.6 Å². The van der Waals surface area contributed by atoms with Crippen LogP contribution in [-0.2, 0) is 19.6 Å². The van der Waals surface area contributed by atoms with E-state index in [1.54, 1.807) is 20.8 Å². The van der Waals surface area contributed by atoms with Gasteiger partial charge in [0.2, 0.25) is 0 Å². The van der Waals surface area contributed by atoms with Gasteiger partial charge in [0, 0.05) is 3.57 Å². The van der Waals surface area contributed by atoms with E-state index in [2.05, 4.69) is 22.6 Å². The fraction of sp³-hybridized carbons (Fsp3) is 0.333. The summed E-state index contributed by atoms with van der Waals surface area (Å²) >= 11 is 6.20. The topological polar surface area (TPSA) is 116 Å². The number of carbonyl (C=O) groups excluding carboxylic acids is 2. The van der Waals surface area contributed by atoms with Crippen LogP contribution in [0.5, 0.6) is 5.75 Å². The van der Waals surface area contributed by atoms with E-state index in [0.29, 0.717) is 29.6 Å². The molecule has 2 aromatic rings. The average Bonchev–Trinajstić information content (AvgIpc) is 2.69. The third-order valence-corrected chi connectivity index (χ3v) is 8.15. The first-order chi connectivity index (χ1) is 15.3. The minimum absolute atomic E-state index is 0.162. The maximum Gasteiger partial charge on any atom is 0.340 e. The third-order valence-electron chi connectivity index (χ3n) is 4.56. The molecule has 0 heterocycles. The van der Waals surface area contributed by atoms with Crippen molar-refractivity contribution in [3.63, 3.8) is 0 Å². The highest BCUT2D eigenvalue weighted by Gasteiger charge is 2.24. The normalized spacial score (nSPS) is 11.4. The van der Waals surface area contributed by atoms with E-state index >= 15 is 0 Å². The van der Waals surface area contributed by atoms with Crippen LogP contribution >= 0.6 is 67.8 Å². The summed E-state index contributed by atoms with van der Waals surface area (Å²) in [4.78, 5) is 24.9. The fourth-order valence-corrected chi connectivity index (χ4v) is 8.13. The van der Waals surface area contributed by atoms with Crippen molar-refractivity contribution in [2.24, 2.45) is 0 Å². The summed E-state index contributed by atoms with van der Waals surface area (Å²) in [6, 6.07) is 4.46. The zero-order chi connectivity index (χ0) is 25.1. The summed E-state index contributed by atoms with van der Waals surface area (Å²) in [6.45, 7) is 4.69. The van der Waals surface area contributed by atoms with Gasteiger partial charge in [0.1, 0.15) is 19.0 Å². The molecular formula is C21H21I3O8S. The van der Waals surface area contributed by atoms with E-state index in [1.807, 2.05) is 51.2 Å². The maximum absolute atomic E-state index is 12.6. The molecule has 0 saturated heterocycles. The van der Waals surface area contributed by atoms with Crippen molar-refractivity contribution in [1.82, 2.24) is 0 Å². The van der Waals surface area contributed by atoms with E-state index in [-0.39, 0.29) is 29.6 Å². The van der Waals surface area contributed by atoms with Gasteiger partial charge in [0.25, 0.3) is 10.1 Å². The Hall–Kier alpha value is -0.720. The van der Waals surface area contributed by atoms with E-state index in [4.69, 9.17) is 14.2 Å². The Bertz CT molecular complexity index is 1190. The molecular weight excluding hydrogens is 793 g/mol. The second-order valence-electron chi connectivity index (χ2n) is 7.17. The van der Waals surface area contributed by atoms with Crippen molar-refractivity contribution in [2.45, 2.75) is 31.6 Å². The standard InChI is InChI=1S/C21H21I3O8S/c1-10(2)12-8-13(11(3)7-16(12)33(27,28)29)20(25)31-5-6-32-21(26)17-14(22)9-15(23)19(30-4)18(17)24/h7-10H,5-6H2,1-4H3,(H,27,28,29). The number of ether oxygens (including phenoxy) is 3. The number of halogens is 3. The highest BCUT2D eigenvalue weighted by Crippen LogP contribution is 2.33. The summed E-state index contributed by atoms with van der Waals surface area (Å²) in [6.07, 6.45) is 0. The minimum Gasteiger partial charge on any atom is -0.495 e. The quantitative estimate of drug-likeness (QED) is 0.168. The Morgan fingerprint density at radius 3 is 2.09 bits per heavy atom. The van der Waals surface area contributed by atoms with Gasteiger partial charge in [-0.15, -0.1) is 0 Å². The highest BCUT2D eigenvalue weighted by molar-refractivity contribution is 14.1. The number of hydrogen-bond donors (Lipinski definition) is 1. The molecule has 0 aliphatic heterocycles. The number of hydrogen-bond acceptors (Lipinski definition) is 7. The molecule has 33 heavy (non-hydrogen) atoms. The molecule has 0 radical (unpaired) electrons. The molecule has 0 saturated carbocycles. The smallest absolute Gasteiger partial charge is 0.340 e. The van der Waals surface area contributed by atoms with Crippen LogP contribution < -0.4 is 4.74 Å². The molecule has 180 valence electrons. The Morgan fingerprint density at radius 1 is 1.00 bits per heavy atom. The lowest BCUT2D eigenvalue weighted by Crippen LogP contribution is -2.17. The zero-order valence-corrected chi connectivity index (χ0v) is 25.4. The summed E-state index contributed by atoms with van der Waals surface area (Å²) in [5.41, 5.74) is 1.18. The Labute approximate surface area is 233 Å². The number of aryl methyl sites for hydroxylation is 1. The van der Waals surface area contributed by atoms with E-state index in [0.717, 1.165) is 3.57 Å². The van der Waals surface area contributed by atoms with Gasteiger partial charge >= 0.3 is 11.9 Å². The molecule has 0 unspecified atom stereocenters. The SMILES string of the molecule is COc1c(I)cc(I)c(C(=O)OCCOC(=O)c2cc(C(C)C)c(S(=O)(=O)O)cc2C)c1I. The molecule has 0 spiro atoms. The molecule has 2 rings (SSSR count). The predicted molar refractivity (Wildman–Crippen MR) is 147 cm³/mol. The van der Waals surface area contributed by atoms with Gasteiger partial charge in [-0.3, -0.25) is 4.55 Å². The molecule has 2 aromatic carbocycles. The fourth-order valence-electron chi connectivity index (χ4n) is 2.96. The monoisotopic (exact) mass is 814 g/mol. The Morgan fingerprint density at radius 2 is 1.58 bits per heavy atom. The van der Waals surface area contributed by atoms with Crippen molar-refractivity contribution in [3.8, 4) is 5.75 Å². The Balaban J connectivity index is 2.10. The van der Waals surface area contributed by atoms with Crippen LogP contribution in [0.15, 0.2) is 23.1 Å². The van der Waals surface area contributed by atoms with Crippen LogP contribution in [0.2, 0.25) is 0 Å². The molecule has 12 heteroatoms. The first-order valence-electron chi connectivity index (χ1n) is 9.47. The molecule has 0 aromatic heterocycles. The van der Waals surface area contributed by atoms with Gasteiger partial charge in [-0.25, -0.2) is 9.59 Å². The van der Waals surface area contributed by atoms with Crippen LogP contribution in [0.3, 0.4) is 0 Å². The summed E-state index contributed by atoms with van der Waals surface area (Å²) in [5.74, 6) is -0.927. The molecule has 0 fully saturated rings. The molecule has 0 atom stereocenters. The Kier molecular flexibility index (Phi) is 10.2. The van der Waals surface area contributed by atoms with Gasteiger partial charge in [-0.1, -0.05) is 13.8 Å². The second kappa shape index (κ2) is 11.8. The van der Waals surface area contributed by atoms with Crippen LogP contribution in [-0.4, -0.2) is 45.2 Å². The van der Waals surface area contributed by atoms with Gasteiger partial charge in [-0.05, 0) is 110 Å². The number of rotatable bonds is 8. The van der Waals surface area contributed by atoms with Gasteiger partial charge in [-0.2, -0.15) is 8.42 Å². The minimum atomic E-state index is -4.44. The average molecular weight is 814 g/mol. The predicted octanol–water partition coefficient (Wildman–Crippen LogP) is 5.20. The van der Waals surface area contributed by atoms with Crippen molar-refractivity contribution >= 4 is 89.8 Å². The van der Waals surface area contributed by atoms with Crippen LogP contribution in [0.4, 0.5) is 0 Å². The van der Waals surface area contributed by atoms with Crippen molar-refractivity contribution < 1.29 is 36.8 Å². The highest BCUT2D eigenvalue weighted by atomic mass is 127. The summed E-state index contributed by atoms with van der Waals surface area (Å²) in [7, 11) is -2.91. The lowest BCUT2D eigenvalue weighted by molar-refractivity contribution is 0.0263. The van der Waals surface area contributed by atoms with Gasteiger partial charge in [0.05, 0.1) is 30.3 Å². The molecule has 0 aliphatic rings. The first kappa shape index (κ1) is 28.5. The zero-order valence-electron chi connectivity index (χ0n) is 18.1. The summed E-state index contributed by atoms with van der Waals surface area (Å²) < 4.78 is 50.9. The van der Waals surface area contributed by atoms with E-state index in [1.165, 1.54) is 19.2 Å². The number of carbonyl (C=O) groups is 2.